The summed E-state index contributed by atoms with van der Waals surface area (Å²) in [5.41, 5.74) is 0.443. The summed E-state index contributed by atoms with van der Waals surface area (Å²) in [6.45, 7) is 1.92. The smallest absolute Gasteiger partial charge is 0.137 e. The number of nitrogens with one attached hydrogen (secondary N) is 1. The Labute approximate surface area is 113 Å². The second-order valence-corrected chi connectivity index (χ2v) is 4.56. The van der Waals surface area contributed by atoms with Crippen molar-refractivity contribution in [1.82, 2.24) is 4.98 Å². The van der Waals surface area contributed by atoms with Gasteiger partial charge in [-0.15, -0.1) is 0 Å². The van der Waals surface area contributed by atoms with Crippen LogP contribution >= 0.6 is 0 Å². The van der Waals surface area contributed by atoms with Gasteiger partial charge in [0.25, 0.3) is 0 Å². The molecular formula is C15H18N2O2. The summed E-state index contributed by atoms with van der Waals surface area (Å²) < 4.78 is 5.07. The van der Waals surface area contributed by atoms with Crippen LogP contribution in [-0.2, 0) is 5.54 Å². The van der Waals surface area contributed by atoms with Crippen molar-refractivity contribution in [2.45, 2.75) is 12.5 Å². The van der Waals surface area contributed by atoms with Gasteiger partial charge in [-0.3, -0.25) is 0 Å². The van der Waals surface area contributed by atoms with Gasteiger partial charge >= 0.3 is 0 Å². The van der Waals surface area contributed by atoms with Gasteiger partial charge in [-0.25, -0.2) is 4.98 Å². The van der Waals surface area contributed by atoms with E-state index in [9.17, 15) is 5.11 Å². The van der Waals surface area contributed by atoms with Gasteiger partial charge in [-0.2, -0.15) is 0 Å². The monoisotopic (exact) mass is 258 g/mol. The van der Waals surface area contributed by atoms with Gasteiger partial charge in [0.15, 0.2) is 0 Å². The summed E-state index contributed by atoms with van der Waals surface area (Å²) in [5, 5.41) is 12.9. The fourth-order valence-corrected chi connectivity index (χ4v) is 1.87. The van der Waals surface area contributed by atoms with Crippen molar-refractivity contribution in [3.8, 4) is 5.75 Å². The maximum absolute atomic E-state index is 9.69. The Bertz CT molecular complexity index is 513. The number of pyridine rings is 1. The molecule has 0 aliphatic heterocycles. The molecule has 0 aliphatic carbocycles. The van der Waals surface area contributed by atoms with Crippen LogP contribution in [0.3, 0.4) is 0 Å². The van der Waals surface area contributed by atoms with E-state index in [1.54, 1.807) is 13.3 Å². The first-order valence-electron chi connectivity index (χ1n) is 6.12. The Balaban J connectivity index is 2.22. The molecule has 1 aromatic heterocycles. The number of aromatic nitrogens is 1. The van der Waals surface area contributed by atoms with Gasteiger partial charge in [-0.1, -0.05) is 30.3 Å². The minimum absolute atomic E-state index is 0.0231. The highest BCUT2D eigenvalue weighted by molar-refractivity contribution is 5.43. The van der Waals surface area contributed by atoms with Crippen LogP contribution in [0.4, 0.5) is 5.82 Å². The molecule has 1 unspecified atom stereocenters. The molecule has 0 saturated heterocycles. The van der Waals surface area contributed by atoms with Gasteiger partial charge in [0, 0.05) is 0 Å². The van der Waals surface area contributed by atoms with Crippen molar-refractivity contribution >= 4 is 5.82 Å². The van der Waals surface area contributed by atoms with Crippen LogP contribution in [0, 0.1) is 0 Å². The third-order valence-electron chi connectivity index (χ3n) is 3.10. The van der Waals surface area contributed by atoms with E-state index in [1.165, 1.54) is 0 Å². The number of methoxy groups -OCH3 is 1. The molecule has 0 saturated carbocycles. The number of benzene rings is 1. The predicted molar refractivity (Wildman–Crippen MR) is 75.3 cm³/mol. The minimum atomic E-state index is -0.567. The summed E-state index contributed by atoms with van der Waals surface area (Å²) in [6.07, 6.45) is 1.64. The molecule has 0 amide bonds. The van der Waals surface area contributed by atoms with Crippen LogP contribution in [0.15, 0.2) is 48.7 Å². The van der Waals surface area contributed by atoms with E-state index in [1.807, 2.05) is 49.4 Å². The average molecular weight is 258 g/mol. The highest BCUT2D eigenvalue weighted by atomic mass is 16.5. The first-order valence-corrected chi connectivity index (χ1v) is 6.12. The van der Waals surface area contributed by atoms with Crippen LogP contribution in [0.2, 0.25) is 0 Å². The summed E-state index contributed by atoms with van der Waals surface area (Å²) in [7, 11) is 1.60. The van der Waals surface area contributed by atoms with Crippen molar-refractivity contribution in [3.05, 3.63) is 54.2 Å². The normalized spacial score (nSPS) is 13.6. The molecule has 2 N–H and O–H groups in total. The van der Waals surface area contributed by atoms with Crippen LogP contribution < -0.4 is 10.1 Å². The zero-order valence-corrected chi connectivity index (χ0v) is 11.1. The number of aliphatic hydroxyl groups is 1. The first kappa shape index (κ1) is 13.4. The number of anilines is 1. The summed E-state index contributed by atoms with van der Waals surface area (Å²) in [6, 6.07) is 13.5. The molecule has 0 aliphatic rings. The topological polar surface area (TPSA) is 54.4 Å². The molecule has 0 spiro atoms. The minimum Gasteiger partial charge on any atom is -0.495 e. The van der Waals surface area contributed by atoms with Crippen LogP contribution in [0.25, 0.3) is 0 Å². The Morgan fingerprint density at radius 1 is 1.21 bits per heavy atom. The summed E-state index contributed by atoms with van der Waals surface area (Å²) in [4.78, 5) is 4.26. The van der Waals surface area contributed by atoms with Crippen molar-refractivity contribution in [2.75, 3.05) is 19.0 Å². The van der Waals surface area contributed by atoms with Crippen molar-refractivity contribution < 1.29 is 9.84 Å². The lowest BCUT2D eigenvalue weighted by atomic mass is 9.93. The molecule has 100 valence electrons. The standard InChI is InChI=1S/C15H18N2O2/c1-15(11-18,12-6-4-3-5-7-12)17-14-9-8-13(19-2)10-16-14/h3-10,18H,11H2,1-2H3,(H,16,17). The third-order valence-corrected chi connectivity index (χ3v) is 3.10. The van der Waals surface area contributed by atoms with Gasteiger partial charge in [0.2, 0.25) is 0 Å². The lowest BCUT2D eigenvalue weighted by Crippen LogP contribution is -2.36. The second kappa shape index (κ2) is 5.71. The Morgan fingerprint density at radius 3 is 2.47 bits per heavy atom. The van der Waals surface area contributed by atoms with Gasteiger partial charge in [0.1, 0.15) is 11.6 Å². The summed E-state index contributed by atoms with van der Waals surface area (Å²) >= 11 is 0. The quantitative estimate of drug-likeness (QED) is 0.864. The Hall–Kier alpha value is -2.07. The van der Waals surface area contributed by atoms with Crippen LogP contribution in [0.5, 0.6) is 5.75 Å². The number of ether oxygens (including phenoxy) is 1. The molecule has 1 aromatic carbocycles. The Morgan fingerprint density at radius 2 is 1.95 bits per heavy atom. The van der Waals surface area contributed by atoms with Crippen molar-refractivity contribution in [3.63, 3.8) is 0 Å². The Kier molecular flexibility index (Phi) is 4.02. The fraction of sp³-hybridized carbons (Fsp3) is 0.267. The van der Waals surface area contributed by atoms with Crippen LogP contribution in [-0.4, -0.2) is 23.8 Å². The molecule has 4 heteroatoms. The van der Waals surface area contributed by atoms with Crippen LogP contribution in [0.1, 0.15) is 12.5 Å². The molecule has 2 aromatic rings. The maximum atomic E-state index is 9.69. The van der Waals surface area contributed by atoms with Crippen molar-refractivity contribution in [1.29, 1.82) is 0 Å². The fourth-order valence-electron chi connectivity index (χ4n) is 1.87. The van der Waals surface area contributed by atoms with E-state index in [-0.39, 0.29) is 6.61 Å². The molecule has 0 bridgehead atoms. The van der Waals surface area contributed by atoms with Gasteiger partial charge in [0.05, 0.1) is 25.5 Å². The molecule has 0 radical (unpaired) electrons. The second-order valence-electron chi connectivity index (χ2n) is 4.56. The van der Waals surface area contributed by atoms with E-state index >= 15 is 0 Å². The molecular weight excluding hydrogens is 240 g/mol. The number of hydrogen-bond donors (Lipinski definition) is 2. The zero-order valence-electron chi connectivity index (χ0n) is 11.1. The maximum Gasteiger partial charge on any atom is 0.137 e. The SMILES string of the molecule is COc1ccc(NC(C)(CO)c2ccccc2)nc1. The van der Waals surface area contributed by atoms with Crippen molar-refractivity contribution in [2.24, 2.45) is 0 Å². The molecule has 0 fully saturated rings. The van der Waals surface area contributed by atoms with E-state index in [0.717, 1.165) is 5.56 Å². The highest BCUT2D eigenvalue weighted by Crippen LogP contribution is 2.25. The lowest BCUT2D eigenvalue weighted by Gasteiger charge is -2.30. The molecule has 19 heavy (non-hydrogen) atoms. The van der Waals surface area contributed by atoms with E-state index in [2.05, 4.69) is 10.3 Å². The number of aliphatic hydroxyl groups excluding tert-OH is 1. The molecule has 1 atom stereocenters. The van der Waals surface area contributed by atoms with E-state index < -0.39 is 5.54 Å². The van der Waals surface area contributed by atoms with Gasteiger partial charge < -0.3 is 15.2 Å². The van der Waals surface area contributed by atoms with E-state index in [0.29, 0.717) is 11.6 Å². The van der Waals surface area contributed by atoms with E-state index in [4.69, 9.17) is 4.74 Å². The molecule has 1 heterocycles. The highest BCUT2D eigenvalue weighted by Gasteiger charge is 2.25. The number of hydrogen-bond acceptors (Lipinski definition) is 4. The average Bonchev–Trinajstić information content (AvgIpc) is 2.49. The number of nitrogens with zero attached hydrogens (tertiary/aromatic N) is 1. The lowest BCUT2D eigenvalue weighted by molar-refractivity contribution is 0.223. The zero-order chi connectivity index (χ0) is 13.7. The third kappa shape index (κ3) is 3.03. The predicted octanol–water partition coefficient (Wildman–Crippen LogP) is 2.41. The molecule has 4 nitrogen and oxygen atoms in total. The first-order chi connectivity index (χ1) is 9.18. The number of rotatable bonds is 5. The van der Waals surface area contributed by atoms with Gasteiger partial charge in [-0.05, 0) is 24.6 Å². The summed E-state index contributed by atoms with van der Waals surface area (Å²) in [5.74, 6) is 1.40. The molecule has 2 rings (SSSR count). The largest absolute Gasteiger partial charge is 0.495 e.